The number of hydrogen-bond donors (Lipinski definition) is 1. The van der Waals surface area contributed by atoms with Gasteiger partial charge in [0.25, 0.3) is 0 Å². The third-order valence-electron chi connectivity index (χ3n) is 1.89. The Morgan fingerprint density at radius 1 is 1.47 bits per heavy atom. The topological polar surface area (TPSA) is 98.2 Å². The molecule has 1 heterocycles. The van der Waals surface area contributed by atoms with Gasteiger partial charge in [-0.2, -0.15) is 0 Å². The highest BCUT2D eigenvalue weighted by atomic mass is 35.5. The Labute approximate surface area is 103 Å². The zero-order chi connectivity index (χ0) is 13.1. The summed E-state index contributed by atoms with van der Waals surface area (Å²) in [7, 11) is -2.86. The summed E-state index contributed by atoms with van der Waals surface area (Å²) in [5.41, 5.74) is 0. The molecule has 1 atom stereocenters. The smallest absolute Gasteiger partial charge is 0.325 e. The first-order chi connectivity index (χ1) is 7.88. The van der Waals surface area contributed by atoms with Gasteiger partial charge in [0.1, 0.15) is 0 Å². The predicted octanol–water partition coefficient (Wildman–Crippen LogP) is 0.433. The summed E-state index contributed by atoms with van der Waals surface area (Å²) < 4.78 is 29.8. The number of nitrogens with one attached hydrogen (secondary N) is 1. The van der Waals surface area contributed by atoms with Crippen molar-refractivity contribution in [2.24, 2.45) is 0 Å². The average Bonchev–Trinajstić information content (AvgIpc) is 2.30. The van der Waals surface area contributed by atoms with Crippen LogP contribution in [0.4, 0.5) is 5.82 Å². The standard InChI is InChI=1S/C8H10ClN3O4S/c1-5(8(13)16-2)17(14,15)12-7-6(9)10-3-4-11-7/h3-5H,1-2H3,(H,11,12). The number of aromatic nitrogens is 2. The van der Waals surface area contributed by atoms with Crippen molar-refractivity contribution in [1.29, 1.82) is 0 Å². The second-order valence-corrected chi connectivity index (χ2v) is 5.37. The molecule has 0 saturated carbocycles. The number of sulfonamides is 1. The molecule has 7 nitrogen and oxygen atoms in total. The van der Waals surface area contributed by atoms with Crippen molar-refractivity contribution in [2.75, 3.05) is 11.8 Å². The van der Waals surface area contributed by atoms with Crippen LogP contribution in [0.25, 0.3) is 0 Å². The SMILES string of the molecule is COC(=O)C(C)S(=O)(=O)Nc1nccnc1Cl. The van der Waals surface area contributed by atoms with Gasteiger partial charge in [-0.3, -0.25) is 9.52 Å². The van der Waals surface area contributed by atoms with Crippen LogP contribution in [0.3, 0.4) is 0 Å². The molecule has 0 aromatic carbocycles. The fourth-order valence-electron chi connectivity index (χ4n) is 0.905. The zero-order valence-corrected chi connectivity index (χ0v) is 10.6. The van der Waals surface area contributed by atoms with E-state index in [1.54, 1.807) is 0 Å². The number of carbonyl (C=O) groups is 1. The first-order valence-corrected chi connectivity index (χ1v) is 6.37. The Morgan fingerprint density at radius 3 is 2.59 bits per heavy atom. The van der Waals surface area contributed by atoms with Crippen LogP contribution in [-0.2, 0) is 19.6 Å². The van der Waals surface area contributed by atoms with E-state index in [1.807, 2.05) is 0 Å². The molecule has 0 spiro atoms. The molecular weight excluding hydrogens is 270 g/mol. The minimum Gasteiger partial charge on any atom is -0.468 e. The van der Waals surface area contributed by atoms with Gasteiger partial charge < -0.3 is 4.74 Å². The molecule has 0 amide bonds. The van der Waals surface area contributed by atoms with Gasteiger partial charge in [0.2, 0.25) is 10.0 Å². The Hall–Kier alpha value is -1.41. The van der Waals surface area contributed by atoms with E-state index in [0.717, 1.165) is 7.11 Å². The van der Waals surface area contributed by atoms with E-state index in [0.29, 0.717) is 0 Å². The maximum absolute atomic E-state index is 11.7. The Kier molecular flexibility index (Phi) is 4.24. The van der Waals surface area contributed by atoms with Gasteiger partial charge in [-0.15, -0.1) is 0 Å². The van der Waals surface area contributed by atoms with Crippen LogP contribution in [0.15, 0.2) is 12.4 Å². The maximum atomic E-state index is 11.7. The number of nitrogens with zero attached hydrogens (tertiary/aromatic N) is 2. The van der Waals surface area contributed by atoms with Crippen LogP contribution in [-0.4, -0.2) is 36.7 Å². The molecule has 1 unspecified atom stereocenters. The van der Waals surface area contributed by atoms with Crippen LogP contribution in [0.5, 0.6) is 0 Å². The van der Waals surface area contributed by atoms with Gasteiger partial charge in [0, 0.05) is 12.4 Å². The van der Waals surface area contributed by atoms with Crippen molar-refractivity contribution in [2.45, 2.75) is 12.2 Å². The highest BCUT2D eigenvalue weighted by Gasteiger charge is 2.29. The molecule has 0 aliphatic carbocycles. The lowest BCUT2D eigenvalue weighted by atomic mass is 10.5. The quantitative estimate of drug-likeness (QED) is 0.803. The average molecular weight is 280 g/mol. The number of ether oxygens (including phenoxy) is 1. The first kappa shape index (κ1) is 13.7. The third kappa shape index (κ3) is 3.27. The molecule has 0 saturated heterocycles. The summed E-state index contributed by atoms with van der Waals surface area (Å²) in [4.78, 5) is 18.5. The van der Waals surface area contributed by atoms with E-state index < -0.39 is 21.2 Å². The summed E-state index contributed by atoms with van der Waals surface area (Å²) in [6.07, 6.45) is 2.58. The van der Waals surface area contributed by atoms with E-state index in [-0.39, 0.29) is 11.0 Å². The van der Waals surface area contributed by atoms with Gasteiger partial charge in [-0.25, -0.2) is 18.4 Å². The summed E-state index contributed by atoms with van der Waals surface area (Å²) >= 11 is 5.63. The van der Waals surface area contributed by atoms with Crippen molar-refractivity contribution >= 4 is 33.4 Å². The second-order valence-electron chi connectivity index (χ2n) is 3.01. The molecule has 0 radical (unpaired) electrons. The van der Waals surface area contributed by atoms with Gasteiger partial charge in [-0.1, -0.05) is 11.6 Å². The predicted molar refractivity (Wildman–Crippen MR) is 61.1 cm³/mol. The first-order valence-electron chi connectivity index (χ1n) is 4.44. The van der Waals surface area contributed by atoms with Crippen LogP contribution < -0.4 is 4.72 Å². The van der Waals surface area contributed by atoms with Crippen molar-refractivity contribution in [3.63, 3.8) is 0 Å². The van der Waals surface area contributed by atoms with Crippen molar-refractivity contribution in [1.82, 2.24) is 9.97 Å². The van der Waals surface area contributed by atoms with Crippen LogP contribution in [0.1, 0.15) is 6.92 Å². The van der Waals surface area contributed by atoms with E-state index in [1.165, 1.54) is 19.3 Å². The third-order valence-corrected chi connectivity index (χ3v) is 3.77. The minimum atomic E-state index is -3.96. The molecule has 0 aliphatic rings. The molecule has 94 valence electrons. The number of carbonyl (C=O) groups excluding carboxylic acids is 1. The molecule has 0 fully saturated rings. The molecule has 1 aromatic rings. The van der Waals surface area contributed by atoms with E-state index in [9.17, 15) is 13.2 Å². The van der Waals surface area contributed by atoms with Gasteiger partial charge in [0.15, 0.2) is 16.2 Å². The molecule has 17 heavy (non-hydrogen) atoms. The summed E-state index contributed by atoms with van der Waals surface area (Å²) in [5, 5.41) is -1.47. The highest BCUT2D eigenvalue weighted by molar-refractivity contribution is 7.94. The molecule has 1 N–H and O–H groups in total. The van der Waals surface area contributed by atoms with Crippen LogP contribution >= 0.6 is 11.6 Å². The van der Waals surface area contributed by atoms with Gasteiger partial charge in [-0.05, 0) is 6.92 Å². The fourth-order valence-corrected chi connectivity index (χ4v) is 2.06. The molecule has 0 aliphatic heterocycles. The second kappa shape index (κ2) is 5.28. The van der Waals surface area contributed by atoms with Crippen molar-refractivity contribution in [3.8, 4) is 0 Å². The number of esters is 1. The van der Waals surface area contributed by atoms with Crippen LogP contribution in [0, 0.1) is 0 Å². The number of hydrogen-bond acceptors (Lipinski definition) is 6. The molecule has 1 rings (SSSR count). The maximum Gasteiger partial charge on any atom is 0.325 e. The number of anilines is 1. The number of methoxy groups -OCH3 is 1. The largest absolute Gasteiger partial charge is 0.468 e. The molecule has 0 bridgehead atoms. The highest BCUT2D eigenvalue weighted by Crippen LogP contribution is 2.17. The minimum absolute atomic E-state index is 0.104. The van der Waals surface area contributed by atoms with Crippen LogP contribution in [0.2, 0.25) is 5.15 Å². The molecule has 1 aromatic heterocycles. The Morgan fingerprint density at radius 2 is 2.06 bits per heavy atom. The van der Waals surface area contributed by atoms with Crippen molar-refractivity contribution in [3.05, 3.63) is 17.5 Å². The fraction of sp³-hybridized carbons (Fsp3) is 0.375. The monoisotopic (exact) mass is 279 g/mol. The lowest BCUT2D eigenvalue weighted by molar-refractivity contribution is -0.139. The van der Waals surface area contributed by atoms with Gasteiger partial charge >= 0.3 is 5.97 Å². The summed E-state index contributed by atoms with van der Waals surface area (Å²) in [6.45, 7) is 1.19. The van der Waals surface area contributed by atoms with E-state index in [4.69, 9.17) is 11.6 Å². The van der Waals surface area contributed by atoms with Gasteiger partial charge in [0.05, 0.1) is 7.11 Å². The van der Waals surface area contributed by atoms with Crippen molar-refractivity contribution < 1.29 is 17.9 Å². The van der Waals surface area contributed by atoms with E-state index in [2.05, 4.69) is 19.4 Å². The zero-order valence-electron chi connectivity index (χ0n) is 9.05. The van der Waals surface area contributed by atoms with E-state index >= 15 is 0 Å². The molecular formula is C8H10ClN3O4S. The lowest BCUT2D eigenvalue weighted by Gasteiger charge is -2.12. The number of halogens is 1. The lowest BCUT2D eigenvalue weighted by Crippen LogP contribution is -2.33. The molecule has 9 heteroatoms. The Balaban J connectivity index is 2.95. The summed E-state index contributed by atoms with van der Waals surface area (Å²) in [5.74, 6) is -1.01. The Bertz CT molecular complexity index is 519. The normalized spacial score (nSPS) is 12.9. The number of rotatable bonds is 4. The summed E-state index contributed by atoms with van der Waals surface area (Å²) in [6, 6.07) is 0.